The molecule has 1 N–H and O–H groups in total. The third-order valence-corrected chi connectivity index (χ3v) is 7.10. The Labute approximate surface area is 172 Å². The van der Waals surface area contributed by atoms with E-state index in [1.54, 1.807) is 47.4 Å². The Hall–Kier alpha value is -2.63. The van der Waals surface area contributed by atoms with Gasteiger partial charge in [0.2, 0.25) is 0 Å². The Morgan fingerprint density at radius 3 is 2.46 bits per heavy atom. The van der Waals surface area contributed by atoms with Gasteiger partial charge in [0, 0.05) is 26.6 Å². The van der Waals surface area contributed by atoms with E-state index >= 15 is 0 Å². The average molecular weight is 406 g/mol. The summed E-state index contributed by atoms with van der Waals surface area (Å²) >= 11 is 3.27. The first-order valence-electron chi connectivity index (χ1n) is 8.98. The molecule has 5 heteroatoms. The number of benzene rings is 2. The largest absolute Gasteiger partial charge is 0.321 e. The minimum Gasteiger partial charge on any atom is -0.321 e. The number of thiophene rings is 1. The lowest BCUT2D eigenvalue weighted by Gasteiger charge is -2.15. The van der Waals surface area contributed by atoms with E-state index in [2.05, 4.69) is 19.2 Å². The molecule has 0 bridgehead atoms. The number of amides is 1. The fourth-order valence-electron chi connectivity index (χ4n) is 3.16. The minimum atomic E-state index is -0.173. The van der Waals surface area contributed by atoms with Crippen LogP contribution < -0.4 is 5.32 Å². The third kappa shape index (κ3) is 3.55. The second-order valence-electron chi connectivity index (χ2n) is 6.62. The SMILES string of the molecule is Cc1sc2c(c1C)CSC(C(=O)Nc1ccccc1C(=O)c1ccccc1)=C2. The van der Waals surface area contributed by atoms with Gasteiger partial charge in [0.1, 0.15) is 0 Å². The molecule has 2 aromatic carbocycles. The van der Waals surface area contributed by atoms with Crippen molar-refractivity contribution in [3.8, 4) is 0 Å². The standard InChI is InChI=1S/C23H19NO2S2/c1-14-15(2)28-20-12-21(27-13-18(14)20)23(26)24-19-11-7-6-10-17(19)22(25)16-8-4-3-5-9-16/h3-12H,13H2,1-2H3,(H,24,26). The number of nitrogens with one attached hydrogen (secondary N) is 1. The first-order valence-corrected chi connectivity index (χ1v) is 10.8. The molecular formula is C23H19NO2S2. The van der Waals surface area contributed by atoms with Gasteiger partial charge in [0.05, 0.1) is 10.6 Å². The van der Waals surface area contributed by atoms with Crippen LogP contribution in [0.5, 0.6) is 0 Å². The van der Waals surface area contributed by atoms with E-state index in [4.69, 9.17) is 0 Å². The maximum atomic E-state index is 12.9. The average Bonchev–Trinajstić information content (AvgIpc) is 3.01. The van der Waals surface area contributed by atoms with Crippen LogP contribution in [0.25, 0.3) is 6.08 Å². The van der Waals surface area contributed by atoms with E-state index in [9.17, 15) is 9.59 Å². The van der Waals surface area contributed by atoms with Gasteiger partial charge >= 0.3 is 0 Å². The molecule has 2 heterocycles. The summed E-state index contributed by atoms with van der Waals surface area (Å²) in [6, 6.07) is 16.3. The molecule has 0 radical (unpaired) electrons. The number of carbonyl (C=O) groups is 2. The van der Waals surface area contributed by atoms with Crippen molar-refractivity contribution in [2.75, 3.05) is 5.32 Å². The van der Waals surface area contributed by atoms with Crippen molar-refractivity contribution < 1.29 is 9.59 Å². The van der Waals surface area contributed by atoms with Crippen LogP contribution in [0.1, 0.15) is 36.8 Å². The van der Waals surface area contributed by atoms with Crippen molar-refractivity contribution in [2.24, 2.45) is 0 Å². The number of rotatable bonds is 4. The molecule has 0 saturated carbocycles. The predicted molar refractivity (Wildman–Crippen MR) is 118 cm³/mol. The van der Waals surface area contributed by atoms with Crippen molar-refractivity contribution in [1.29, 1.82) is 0 Å². The molecule has 0 fully saturated rings. The maximum Gasteiger partial charge on any atom is 0.262 e. The third-order valence-electron chi connectivity index (χ3n) is 4.86. The second-order valence-corrected chi connectivity index (χ2v) is 8.89. The highest BCUT2D eigenvalue weighted by Gasteiger charge is 2.22. The van der Waals surface area contributed by atoms with E-state index in [1.165, 1.54) is 16.0 Å². The molecule has 3 aromatic rings. The van der Waals surface area contributed by atoms with Gasteiger partial charge in [-0.25, -0.2) is 0 Å². The molecule has 4 rings (SSSR count). The number of hydrogen-bond donors (Lipinski definition) is 1. The predicted octanol–water partition coefficient (Wildman–Crippen LogP) is 5.82. The van der Waals surface area contributed by atoms with Crippen molar-refractivity contribution >= 4 is 46.6 Å². The van der Waals surface area contributed by atoms with Crippen LogP contribution in [-0.2, 0) is 10.5 Å². The number of para-hydroxylation sites is 1. The Balaban J connectivity index is 1.60. The van der Waals surface area contributed by atoms with Crippen molar-refractivity contribution in [3.05, 3.63) is 91.5 Å². The van der Waals surface area contributed by atoms with Crippen LogP contribution in [0.2, 0.25) is 0 Å². The van der Waals surface area contributed by atoms with Gasteiger partial charge in [-0.1, -0.05) is 42.5 Å². The highest BCUT2D eigenvalue weighted by atomic mass is 32.2. The van der Waals surface area contributed by atoms with E-state index in [0.29, 0.717) is 21.7 Å². The summed E-state index contributed by atoms with van der Waals surface area (Å²) in [6.07, 6.45) is 1.96. The topological polar surface area (TPSA) is 46.2 Å². The molecule has 0 atom stereocenters. The van der Waals surface area contributed by atoms with Crippen molar-refractivity contribution in [3.63, 3.8) is 0 Å². The van der Waals surface area contributed by atoms with Crippen molar-refractivity contribution in [2.45, 2.75) is 19.6 Å². The number of ketones is 1. The van der Waals surface area contributed by atoms with Crippen molar-refractivity contribution in [1.82, 2.24) is 0 Å². The molecule has 1 aliphatic heterocycles. The summed E-state index contributed by atoms with van der Waals surface area (Å²) < 4.78 is 0. The maximum absolute atomic E-state index is 12.9. The number of fused-ring (bicyclic) bond motifs is 1. The first kappa shape index (κ1) is 18.7. The summed E-state index contributed by atoms with van der Waals surface area (Å²) in [5.74, 6) is 0.524. The smallest absolute Gasteiger partial charge is 0.262 e. The van der Waals surface area contributed by atoms with Gasteiger partial charge in [-0.3, -0.25) is 9.59 Å². The summed E-state index contributed by atoms with van der Waals surface area (Å²) in [4.78, 5) is 28.9. The summed E-state index contributed by atoms with van der Waals surface area (Å²) in [5, 5.41) is 2.94. The molecule has 3 nitrogen and oxygen atoms in total. The Morgan fingerprint density at radius 2 is 1.68 bits per heavy atom. The molecule has 1 aromatic heterocycles. The van der Waals surface area contributed by atoms with Gasteiger partial charge < -0.3 is 5.32 Å². The van der Waals surface area contributed by atoms with Crippen LogP contribution >= 0.6 is 23.1 Å². The quantitative estimate of drug-likeness (QED) is 0.556. The molecule has 0 unspecified atom stereocenters. The highest BCUT2D eigenvalue weighted by molar-refractivity contribution is 8.03. The Bertz CT molecular complexity index is 1100. The number of carbonyl (C=O) groups excluding carboxylic acids is 2. The minimum absolute atomic E-state index is 0.103. The van der Waals surface area contributed by atoms with Gasteiger partial charge in [-0.15, -0.1) is 23.1 Å². The first-order chi connectivity index (χ1) is 13.5. The van der Waals surface area contributed by atoms with Crippen LogP contribution in [0, 0.1) is 13.8 Å². The number of anilines is 1. The molecule has 0 spiro atoms. The fraction of sp³-hybridized carbons (Fsp3) is 0.130. The molecule has 28 heavy (non-hydrogen) atoms. The lowest BCUT2D eigenvalue weighted by Crippen LogP contribution is -2.16. The molecule has 1 amide bonds. The molecule has 0 saturated heterocycles. The number of hydrogen-bond acceptors (Lipinski definition) is 4. The van der Waals surface area contributed by atoms with Crippen LogP contribution in [0.4, 0.5) is 5.69 Å². The van der Waals surface area contributed by atoms with E-state index in [0.717, 1.165) is 10.6 Å². The van der Waals surface area contributed by atoms with Gasteiger partial charge in [0.25, 0.3) is 5.91 Å². The zero-order valence-electron chi connectivity index (χ0n) is 15.6. The van der Waals surface area contributed by atoms with Gasteiger partial charge in [0.15, 0.2) is 5.78 Å². The molecule has 140 valence electrons. The van der Waals surface area contributed by atoms with E-state index < -0.39 is 0 Å². The zero-order chi connectivity index (χ0) is 19.7. The zero-order valence-corrected chi connectivity index (χ0v) is 17.2. The van der Waals surface area contributed by atoms with Gasteiger partial charge in [-0.2, -0.15) is 0 Å². The Morgan fingerprint density at radius 1 is 0.964 bits per heavy atom. The lowest BCUT2D eigenvalue weighted by molar-refractivity contribution is -0.112. The second kappa shape index (κ2) is 7.78. The van der Waals surface area contributed by atoms with Crippen LogP contribution in [-0.4, -0.2) is 11.7 Å². The normalized spacial score (nSPS) is 12.9. The summed E-state index contributed by atoms with van der Waals surface area (Å²) in [6.45, 7) is 4.25. The van der Waals surface area contributed by atoms with E-state index in [1.807, 2.05) is 36.4 Å². The number of aryl methyl sites for hydroxylation is 1. The monoisotopic (exact) mass is 405 g/mol. The Kier molecular flexibility index (Phi) is 5.20. The van der Waals surface area contributed by atoms with Crippen LogP contribution in [0.15, 0.2) is 59.5 Å². The summed E-state index contributed by atoms with van der Waals surface area (Å²) in [7, 11) is 0. The molecular weight excluding hydrogens is 386 g/mol. The van der Waals surface area contributed by atoms with E-state index in [-0.39, 0.29) is 11.7 Å². The van der Waals surface area contributed by atoms with Crippen LogP contribution in [0.3, 0.4) is 0 Å². The fourth-order valence-corrected chi connectivity index (χ4v) is 5.51. The molecule has 0 aliphatic carbocycles. The lowest BCUT2D eigenvalue weighted by atomic mass is 10.0. The highest BCUT2D eigenvalue weighted by Crippen LogP contribution is 2.39. The molecule has 1 aliphatic rings. The summed E-state index contributed by atoms with van der Waals surface area (Å²) in [5.41, 5.74) is 4.27. The van der Waals surface area contributed by atoms with Gasteiger partial charge in [-0.05, 0) is 43.2 Å². The number of thioether (sulfide) groups is 1.